The maximum atomic E-state index is 11.7. The SMILES string of the molecule is C[C@@]1(O)[C@H](O)[C@@H](COP(=O)(O)OP(=O)(O)OP(=O)(O)O)O[C@H]1c1ccc(O)cc1. The summed E-state index contributed by atoms with van der Waals surface area (Å²) in [7, 11) is -16.6. The molecule has 17 heteroatoms. The van der Waals surface area contributed by atoms with Gasteiger partial charge in [0.2, 0.25) is 0 Å². The van der Waals surface area contributed by atoms with Gasteiger partial charge in [0.05, 0.1) is 6.61 Å². The number of aromatic hydroxyl groups is 1. The molecule has 1 heterocycles. The van der Waals surface area contributed by atoms with E-state index in [1.165, 1.54) is 31.2 Å². The van der Waals surface area contributed by atoms with Crippen LogP contribution in [0, 0.1) is 0 Å². The number of phenolic OH excluding ortho intramolecular Hbond substituents is 1. The number of hydrogen-bond acceptors (Lipinski definition) is 10. The standard InChI is InChI=1S/C12H19O14P3/c1-12(15)10(14)9(24-11(12)7-2-4-8(13)5-3-7)6-23-28(19,20)26-29(21,22)25-27(16,17)18/h2-5,9-11,13-15H,6H2,1H3,(H,19,20)(H,21,22)(H2,16,17,18)/t9-,10-,11+,12-/m1/s1. The molecule has 0 radical (unpaired) electrons. The Hall–Kier alpha value is -0.690. The number of aliphatic hydroxyl groups is 2. The fourth-order valence-corrected chi connectivity index (χ4v) is 5.61. The molecule has 2 rings (SSSR count). The zero-order chi connectivity index (χ0) is 22.3. The van der Waals surface area contributed by atoms with E-state index >= 15 is 0 Å². The van der Waals surface area contributed by atoms with Crippen LogP contribution in [0.15, 0.2) is 24.3 Å². The van der Waals surface area contributed by atoms with E-state index in [1.54, 1.807) is 0 Å². The lowest BCUT2D eigenvalue weighted by atomic mass is 9.89. The van der Waals surface area contributed by atoms with Crippen molar-refractivity contribution in [2.75, 3.05) is 6.61 Å². The molecule has 0 bridgehead atoms. The third-order valence-electron chi connectivity index (χ3n) is 3.81. The van der Waals surface area contributed by atoms with Crippen LogP contribution in [0.1, 0.15) is 18.6 Å². The fraction of sp³-hybridized carbons (Fsp3) is 0.500. The van der Waals surface area contributed by atoms with Crippen molar-refractivity contribution < 1.29 is 66.5 Å². The van der Waals surface area contributed by atoms with Crippen LogP contribution in [-0.4, -0.2) is 59.3 Å². The second-order valence-corrected chi connectivity index (χ2v) is 10.6. The highest BCUT2D eigenvalue weighted by Crippen LogP contribution is 2.66. The van der Waals surface area contributed by atoms with Crippen molar-refractivity contribution in [1.29, 1.82) is 0 Å². The van der Waals surface area contributed by atoms with Crippen LogP contribution >= 0.6 is 23.5 Å². The van der Waals surface area contributed by atoms with Gasteiger partial charge >= 0.3 is 23.5 Å². The molecule has 7 N–H and O–H groups in total. The summed E-state index contributed by atoms with van der Waals surface area (Å²) in [6.45, 7) is 0.301. The highest BCUT2D eigenvalue weighted by atomic mass is 31.3. The predicted octanol–water partition coefficient (Wildman–Crippen LogP) is 0.287. The Kier molecular flexibility index (Phi) is 7.16. The lowest BCUT2D eigenvalue weighted by Crippen LogP contribution is -2.43. The molecule has 166 valence electrons. The van der Waals surface area contributed by atoms with Crippen LogP contribution in [0.4, 0.5) is 0 Å². The van der Waals surface area contributed by atoms with E-state index in [0.717, 1.165) is 0 Å². The van der Waals surface area contributed by atoms with Gasteiger partial charge in [-0.3, -0.25) is 4.52 Å². The van der Waals surface area contributed by atoms with Gasteiger partial charge < -0.3 is 39.6 Å². The Bertz CT molecular complexity index is 863. The van der Waals surface area contributed by atoms with E-state index in [4.69, 9.17) is 19.4 Å². The maximum Gasteiger partial charge on any atom is 0.490 e. The molecule has 6 atom stereocenters. The van der Waals surface area contributed by atoms with Crippen molar-refractivity contribution in [2.24, 2.45) is 0 Å². The molecule has 1 saturated heterocycles. The Morgan fingerprint density at radius 1 is 1.03 bits per heavy atom. The maximum absolute atomic E-state index is 11.7. The van der Waals surface area contributed by atoms with E-state index in [2.05, 4.69) is 13.1 Å². The molecule has 1 aliphatic rings. The Balaban J connectivity index is 2.06. The second-order valence-electron chi connectivity index (χ2n) is 6.20. The van der Waals surface area contributed by atoms with Gasteiger partial charge in [0.15, 0.2) is 0 Å². The molecule has 1 aromatic rings. The predicted molar refractivity (Wildman–Crippen MR) is 92.2 cm³/mol. The first kappa shape index (κ1) is 24.6. The lowest BCUT2D eigenvalue weighted by Gasteiger charge is -2.26. The topological polar surface area (TPSA) is 230 Å². The first-order valence-corrected chi connectivity index (χ1v) is 12.2. The molecule has 14 nitrogen and oxygen atoms in total. The molecule has 0 spiro atoms. The summed E-state index contributed by atoms with van der Waals surface area (Å²) in [6.07, 6.45) is -4.19. The summed E-state index contributed by atoms with van der Waals surface area (Å²) in [5.74, 6) is -0.0591. The normalized spacial score (nSPS) is 31.9. The van der Waals surface area contributed by atoms with Crippen molar-refractivity contribution in [2.45, 2.75) is 30.8 Å². The summed E-state index contributed by atoms with van der Waals surface area (Å²) in [6, 6.07) is 5.43. The third kappa shape index (κ3) is 6.65. The molecule has 0 aliphatic carbocycles. The van der Waals surface area contributed by atoms with Crippen LogP contribution in [0.3, 0.4) is 0 Å². The minimum atomic E-state index is -5.68. The van der Waals surface area contributed by atoms with Crippen molar-refractivity contribution in [3.05, 3.63) is 29.8 Å². The van der Waals surface area contributed by atoms with Gasteiger partial charge in [0.25, 0.3) is 0 Å². The summed E-state index contributed by atoms with van der Waals surface area (Å²) in [4.78, 5) is 35.5. The van der Waals surface area contributed by atoms with E-state index < -0.39 is 54.0 Å². The summed E-state index contributed by atoms with van der Waals surface area (Å²) in [5, 5.41) is 30.1. The van der Waals surface area contributed by atoms with Crippen LogP contribution in [-0.2, 0) is 31.6 Å². The van der Waals surface area contributed by atoms with Crippen LogP contribution in [0.5, 0.6) is 5.75 Å². The molecule has 1 aliphatic heterocycles. The van der Waals surface area contributed by atoms with Gasteiger partial charge in [-0.15, -0.1) is 0 Å². The minimum absolute atomic E-state index is 0.0591. The van der Waals surface area contributed by atoms with Gasteiger partial charge in [-0.1, -0.05) is 12.1 Å². The average molecular weight is 480 g/mol. The number of ether oxygens (including phenoxy) is 1. The zero-order valence-corrected chi connectivity index (χ0v) is 17.3. The Labute approximate surface area is 163 Å². The Morgan fingerprint density at radius 3 is 2.10 bits per heavy atom. The highest BCUT2D eigenvalue weighted by Gasteiger charge is 2.53. The molecule has 0 amide bonds. The van der Waals surface area contributed by atoms with E-state index in [-0.39, 0.29) is 5.75 Å². The van der Waals surface area contributed by atoms with E-state index in [1.807, 2.05) is 0 Å². The zero-order valence-electron chi connectivity index (χ0n) is 14.6. The molecule has 1 aromatic carbocycles. The van der Waals surface area contributed by atoms with Crippen molar-refractivity contribution in [1.82, 2.24) is 0 Å². The van der Waals surface area contributed by atoms with Gasteiger partial charge in [-0.25, -0.2) is 13.7 Å². The smallest absolute Gasteiger partial charge is 0.490 e. The van der Waals surface area contributed by atoms with Crippen LogP contribution in [0.2, 0.25) is 0 Å². The molecule has 2 unspecified atom stereocenters. The van der Waals surface area contributed by atoms with Gasteiger partial charge in [-0.05, 0) is 24.6 Å². The highest BCUT2D eigenvalue weighted by molar-refractivity contribution is 7.66. The largest absolute Gasteiger partial charge is 0.508 e. The Morgan fingerprint density at radius 2 is 1.59 bits per heavy atom. The molecule has 1 fully saturated rings. The van der Waals surface area contributed by atoms with Crippen molar-refractivity contribution in [3.63, 3.8) is 0 Å². The van der Waals surface area contributed by atoms with Gasteiger partial charge in [0.1, 0.15) is 29.7 Å². The van der Waals surface area contributed by atoms with Crippen LogP contribution in [0.25, 0.3) is 0 Å². The van der Waals surface area contributed by atoms with Crippen molar-refractivity contribution in [3.8, 4) is 5.75 Å². The number of hydrogen-bond donors (Lipinski definition) is 7. The first-order valence-electron chi connectivity index (χ1n) is 7.66. The van der Waals surface area contributed by atoms with E-state index in [9.17, 15) is 33.9 Å². The molecule has 29 heavy (non-hydrogen) atoms. The number of phosphoric ester groups is 1. The van der Waals surface area contributed by atoms with E-state index in [0.29, 0.717) is 5.56 Å². The summed E-state index contributed by atoms with van der Waals surface area (Å²) < 4.78 is 50.6. The molecular formula is C12H19O14P3. The number of benzene rings is 1. The lowest BCUT2D eigenvalue weighted by molar-refractivity contribution is -0.0645. The summed E-state index contributed by atoms with van der Waals surface area (Å²) in [5.41, 5.74) is -1.53. The first-order chi connectivity index (χ1) is 13.0. The monoisotopic (exact) mass is 480 g/mol. The fourth-order valence-electron chi connectivity index (χ4n) is 2.58. The molecule has 0 aromatic heterocycles. The molecule has 0 saturated carbocycles. The molecular weight excluding hydrogens is 461 g/mol. The quantitative estimate of drug-likeness (QED) is 0.248. The number of aliphatic hydroxyl groups excluding tert-OH is 1. The third-order valence-corrected chi connectivity index (χ3v) is 7.61. The summed E-state index contributed by atoms with van der Waals surface area (Å²) >= 11 is 0. The average Bonchev–Trinajstić information content (AvgIpc) is 2.73. The van der Waals surface area contributed by atoms with Gasteiger partial charge in [0, 0.05) is 0 Å². The number of phenols is 1. The second kappa shape index (κ2) is 8.45. The number of rotatable bonds is 8. The minimum Gasteiger partial charge on any atom is -0.508 e. The van der Waals surface area contributed by atoms with Gasteiger partial charge in [-0.2, -0.15) is 8.62 Å². The van der Waals surface area contributed by atoms with Crippen LogP contribution < -0.4 is 0 Å². The van der Waals surface area contributed by atoms with Crippen molar-refractivity contribution >= 4 is 23.5 Å². The number of phosphoric acid groups is 3.